The van der Waals surface area contributed by atoms with Gasteiger partial charge in [0.25, 0.3) is 5.69 Å². The van der Waals surface area contributed by atoms with E-state index in [1.807, 2.05) is 35.7 Å². The number of thiophene rings is 1. The van der Waals surface area contributed by atoms with Crippen LogP contribution in [0.2, 0.25) is 0 Å². The highest BCUT2D eigenvalue weighted by atomic mass is 32.1. The molecular formula is C21H14N2O5S. The fourth-order valence-electron chi connectivity index (χ4n) is 2.67. The molecule has 2 aromatic carbocycles. The number of benzene rings is 2. The fraction of sp³-hybridized carbons (Fsp3) is 0.0476. The van der Waals surface area contributed by atoms with E-state index in [-0.39, 0.29) is 18.0 Å². The van der Waals surface area contributed by atoms with Gasteiger partial charge in [0.15, 0.2) is 5.70 Å². The molecule has 8 heteroatoms. The van der Waals surface area contributed by atoms with Gasteiger partial charge >= 0.3 is 5.97 Å². The van der Waals surface area contributed by atoms with Crippen LogP contribution in [-0.2, 0) is 16.1 Å². The summed E-state index contributed by atoms with van der Waals surface area (Å²) in [5.41, 5.74) is 1.69. The Morgan fingerprint density at radius 1 is 1.10 bits per heavy atom. The van der Waals surface area contributed by atoms with Crippen LogP contribution in [0.1, 0.15) is 16.0 Å². The van der Waals surface area contributed by atoms with Crippen molar-refractivity contribution in [2.75, 3.05) is 0 Å². The molecule has 7 nitrogen and oxygen atoms in total. The van der Waals surface area contributed by atoms with E-state index in [4.69, 9.17) is 9.47 Å². The molecule has 0 unspecified atom stereocenters. The Labute approximate surface area is 169 Å². The zero-order valence-electron chi connectivity index (χ0n) is 15.0. The molecule has 0 saturated carbocycles. The number of nitro benzene ring substituents is 1. The molecule has 0 aliphatic carbocycles. The number of non-ortho nitro benzene ring substituents is 1. The van der Waals surface area contributed by atoms with Gasteiger partial charge < -0.3 is 9.47 Å². The largest absolute Gasteiger partial charge is 0.488 e. The molecular weight excluding hydrogens is 392 g/mol. The van der Waals surface area contributed by atoms with Crippen molar-refractivity contribution in [1.29, 1.82) is 0 Å². The molecule has 0 saturated heterocycles. The molecule has 29 heavy (non-hydrogen) atoms. The lowest BCUT2D eigenvalue weighted by Gasteiger charge is -2.09. The molecule has 0 N–H and O–H groups in total. The number of hydrogen-bond acceptors (Lipinski definition) is 7. The molecule has 0 spiro atoms. The zero-order chi connectivity index (χ0) is 20.2. The van der Waals surface area contributed by atoms with Crippen molar-refractivity contribution in [3.8, 4) is 5.75 Å². The third-order valence-electron chi connectivity index (χ3n) is 4.11. The molecule has 0 radical (unpaired) electrons. The summed E-state index contributed by atoms with van der Waals surface area (Å²) in [6.45, 7) is 0.229. The summed E-state index contributed by atoms with van der Waals surface area (Å²) < 4.78 is 11.1. The molecule has 1 aliphatic heterocycles. The Kier molecular flexibility index (Phi) is 5.17. The number of ether oxygens (including phenoxy) is 2. The fourth-order valence-corrected chi connectivity index (χ4v) is 3.32. The van der Waals surface area contributed by atoms with Crippen LogP contribution in [-0.4, -0.2) is 16.8 Å². The second-order valence-electron chi connectivity index (χ2n) is 6.06. The standard InChI is InChI=1S/C21H14N2O5S/c24-21-17(22-20(28-21)19-6-3-11-29-19)12-15-4-1-2-5-18(15)27-13-14-7-9-16(10-8-14)23(25)26/h1-12H,13H2. The first kappa shape index (κ1) is 18.6. The van der Waals surface area contributed by atoms with Gasteiger partial charge in [0.05, 0.1) is 9.80 Å². The minimum atomic E-state index is -0.515. The van der Waals surface area contributed by atoms with Crippen molar-refractivity contribution in [3.05, 3.63) is 97.9 Å². The van der Waals surface area contributed by atoms with Gasteiger partial charge in [-0.1, -0.05) is 24.3 Å². The smallest absolute Gasteiger partial charge is 0.363 e. The number of nitro groups is 1. The third-order valence-corrected chi connectivity index (χ3v) is 4.96. The predicted octanol–water partition coefficient (Wildman–Crippen LogP) is 4.58. The minimum absolute atomic E-state index is 0.0260. The third kappa shape index (κ3) is 4.22. The second-order valence-corrected chi connectivity index (χ2v) is 7.01. The molecule has 1 aliphatic rings. The van der Waals surface area contributed by atoms with Gasteiger partial charge in [-0.2, -0.15) is 0 Å². The lowest BCUT2D eigenvalue weighted by atomic mass is 10.1. The van der Waals surface area contributed by atoms with Crippen LogP contribution in [0, 0.1) is 10.1 Å². The number of aliphatic imine (C=N–C) groups is 1. The zero-order valence-corrected chi connectivity index (χ0v) is 15.8. The summed E-state index contributed by atoms with van der Waals surface area (Å²) in [6.07, 6.45) is 1.62. The Balaban J connectivity index is 1.53. The van der Waals surface area contributed by atoms with Gasteiger partial charge in [0.2, 0.25) is 5.90 Å². The monoisotopic (exact) mass is 406 g/mol. The number of cyclic esters (lactones) is 1. The number of para-hydroxylation sites is 1. The van der Waals surface area contributed by atoms with E-state index >= 15 is 0 Å². The van der Waals surface area contributed by atoms with E-state index in [1.165, 1.54) is 23.5 Å². The summed E-state index contributed by atoms with van der Waals surface area (Å²) in [7, 11) is 0. The highest BCUT2D eigenvalue weighted by Crippen LogP contribution is 2.26. The van der Waals surface area contributed by atoms with Crippen LogP contribution in [0.25, 0.3) is 6.08 Å². The number of rotatable bonds is 6. The lowest BCUT2D eigenvalue weighted by molar-refractivity contribution is -0.384. The minimum Gasteiger partial charge on any atom is -0.488 e. The molecule has 0 bridgehead atoms. The topological polar surface area (TPSA) is 91.0 Å². The van der Waals surface area contributed by atoms with E-state index in [0.29, 0.717) is 17.2 Å². The normalized spacial score (nSPS) is 14.6. The van der Waals surface area contributed by atoms with Crippen molar-refractivity contribution in [2.24, 2.45) is 4.99 Å². The molecule has 4 rings (SSSR count). The van der Waals surface area contributed by atoms with E-state index in [0.717, 1.165) is 10.4 Å². The van der Waals surface area contributed by atoms with Gasteiger partial charge in [0.1, 0.15) is 12.4 Å². The molecule has 0 amide bonds. The number of esters is 1. The van der Waals surface area contributed by atoms with Gasteiger partial charge in [-0.25, -0.2) is 9.79 Å². The molecule has 2 heterocycles. The first-order valence-electron chi connectivity index (χ1n) is 8.62. The quantitative estimate of drug-likeness (QED) is 0.259. The Morgan fingerprint density at radius 2 is 1.90 bits per heavy atom. The first-order chi connectivity index (χ1) is 14.1. The highest BCUT2D eigenvalue weighted by molar-refractivity contribution is 7.12. The number of nitrogens with zero attached hydrogens (tertiary/aromatic N) is 2. The summed E-state index contributed by atoms with van der Waals surface area (Å²) in [5.74, 6) is 0.338. The molecule has 0 atom stereocenters. The lowest BCUT2D eigenvalue weighted by Crippen LogP contribution is -2.03. The Hall–Kier alpha value is -3.78. The molecule has 144 valence electrons. The summed E-state index contributed by atoms with van der Waals surface area (Å²) in [4.78, 5) is 27.5. The van der Waals surface area contributed by atoms with Crippen molar-refractivity contribution < 1.29 is 19.2 Å². The van der Waals surface area contributed by atoms with Crippen LogP contribution < -0.4 is 4.74 Å². The van der Waals surface area contributed by atoms with Gasteiger partial charge in [0, 0.05) is 17.7 Å². The summed E-state index contributed by atoms with van der Waals surface area (Å²) in [6, 6.07) is 17.1. The molecule has 0 fully saturated rings. The van der Waals surface area contributed by atoms with E-state index in [9.17, 15) is 14.9 Å². The van der Waals surface area contributed by atoms with E-state index in [1.54, 1.807) is 24.3 Å². The summed E-state index contributed by atoms with van der Waals surface area (Å²) in [5, 5.41) is 12.6. The average molecular weight is 406 g/mol. The maximum atomic E-state index is 12.2. The number of carbonyl (C=O) groups excluding carboxylic acids is 1. The highest BCUT2D eigenvalue weighted by Gasteiger charge is 2.25. The number of carbonyl (C=O) groups is 1. The van der Waals surface area contributed by atoms with Crippen LogP contribution in [0.3, 0.4) is 0 Å². The van der Waals surface area contributed by atoms with Crippen LogP contribution in [0.5, 0.6) is 5.75 Å². The maximum Gasteiger partial charge on any atom is 0.363 e. The van der Waals surface area contributed by atoms with Crippen molar-refractivity contribution in [1.82, 2.24) is 0 Å². The van der Waals surface area contributed by atoms with Crippen molar-refractivity contribution >= 4 is 35.0 Å². The van der Waals surface area contributed by atoms with Crippen LogP contribution >= 0.6 is 11.3 Å². The molecule has 1 aromatic heterocycles. The SMILES string of the molecule is O=C1OC(c2cccs2)=NC1=Cc1ccccc1OCc1ccc([N+](=O)[O-])cc1. The first-order valence-corrected chi connectivity index (χ1v) is 9.50. The van der Waals surface area contributed by atoms with E-state index in [2.05, 4.69) is 4.99 Å². The Bertz CT molecular complexity index is 1120. The Morgan fingerprint density at radius 3 is 2.62 bits per heavy atom. The number of hydrogen-bond donors (Lipinski definition) is 0. The predicted molar refractivity (Wildman–Crippen MR) is 109 cm³/mol. The van der Waals surface area contributed by atoms with E-state index < -0.39 is 10.9 Å². The maximum absolute atomic E-state index is 12.2. The average Bonchev–Trinajstić information content (AvgIpc) is 3.38. The van der Waals surface area contributed by atoms with Crippen molar-refractivity contribution in [3.63, 3.8) is 0 Å². The van der Waals surface area contributed by atoms with Crippen LogP contribution in [0.4, 0.5) is 5.69 Å². The van der Waals surface area contributed by atoms with Gasteiger partial charge in [-0.05, 0) is 41.3 Å². The van der Waals surface area contributed by atoms with Crippen LogP contribution in [0.15, 0.2) is 76.7 Å². The second kappa shape index (κ2) is 8.07. The van der Waals surface area contributed by atoms with Gasteiger partial charge in [-0.15, -0.1) is 11.3 Å². The molecule has 3 aromatic rings. The van der Waals surface area contributed by atoms with Gasteiger partial charge in [-0.3, -0.25) is 10.1 Å². The summed E-state index contributed by atoms with van der Waals surface area (Å²) >= 11 is 1.44. The van der Waals surface area contributed by atoms with Crippen molar-refractivity contribution in [2.45, 2.75) is 6.61 Å².